The molecular weight excluding hydrogens is 433 g/mol. The van der Waals surface area contributed by atoms with Gasteiger partial charge in [0.2, 0.25) is 15.9 Å². The van der Waals surface area contributed by atoms with Crippen LogP contribution in [0.2, 0.25) is 10.0 Å². The molecule has 9 heteroatoms. The maximum atomic E-state index is 12.9. The minimum atomic E-state index is -3.78. The van der Waals surface area contributed by atoms with Crippen LogP contribution in [0.3, 0.4) is 0 Å². The quantitative estimate of drug-likeness (QED) is 0.676. The number of amides is 1. The van der Waals surface area contributed by atoms with Gasteiger partial charge in [-0.2, -0.15) is 4.31 Å². The van der Waals surface area contributed by atoms with Crippen molar-refractivity contribution in [1.29, 1.82) is 0 Å². The van der Waals surface area contributed by atoms with Crippen LogP contribution in [0.15, 0.2) is 23.1 Å². The number of likely N-dealkylation sites (tertiary alicyclic amines) is 1. The summed E-state index contributed by atoms with van der Waals surface area (Å²) in [6, 6.07) is 4.65. The Morgan fingerprint density at radius 1 is 1.14 bits per heavy atom. The second kappa shape index (κ2) is 9.96. The molecule has 1 amide bonds. The van der Waals surface area contributed by atoms with E-state index in [1.165, 1.54) is 29.3 Å². The fourth-order valence-corrected chi connectivity index (χ4v) is 6.67. The van der Waals surface area contributed by atoms with Crippen molar-refractivity contribution < 1.29 is 13.2 Å². The highest BCUT2D eigenvalue weighted by molar-refractivity contribution is 7.89. The summed E-state index contributed by atoms with van der Waals surface area (Å²) in [5.74, 6) is 0.258. The lowest BCUT2D eigenvalue weighted by molar-refractivity contribution is -0.126. The normalized spacial score (nSPS) is 20.7. The zero-order valence-electron chi connectivity index (χ0n) is 16.7. The van der Waals surface area contributed by atoms with Crippen LogP contribution in [-0.2, 0) is 14.8 Å². The molecule has 162 valence electrons. The molecule has 1 aromatic carbocycles. The summed E-state index contributed by atoms with van der Waals surface area (Å²) in [5, 5.41) is 3.28. The standard InChI is InChI=1S/C20H29Cl2N3O3S/c1-15(14-24-9-2-3-10-24)13-23-20(26)16-7-11-25(12-8-16)29(27,28)19-17(21)5-4-6-18(19)22/h4-6,15-16H,2-3,7-14H2,1H3,(H,23,26). The van der Waals surface area contributed by atoms with Crippen LogP contribution in [0.4, 0.5) is 0 Å². The molecule has 0 saturated carbocycles. The smallest absolute Gasteiger partial charge is 0.246 e. The monoisotopic (exact) mass is 461 g/mol. The van der Waals surface area contributed by atoms with Crippen molar-refractivity contribution in [1.82, 2.24) is 14.5 Å². The van der Waals surface area contributed by atoms with Gasteiger partial charge in [0.1, 0.15) is 4.90 Å². The van der Waals surface area contributed by atoms with Crippen molar-refractivity contribution in [3.05, 3.63) is 28.2 Å². The van der Waals surface area contributed by atoms with E-state index in [1.807, 2.05) is 0 Å². The lowest BCUT2D eigenvalue weighted by atomic mass is 9.97. The summed E-state index contributed by atoms with van der Waals surface area (Å²) < 4.78 is 27.2. The Hall–Kier alpha value is -0.860. The van der Waals surface area contributed by atoms with Gasteiger partial charge in [-0.25, -0.2) is 8.42 Å². The molecule has 0 bridgehead atoms. The molecule has 3 rings (SSSR count). The maximum absolute atomic E-state index is 12.9. The predicted molar refractivity (Wildman–Crippen MR) is 116 cm³/mol. The SMILES string of the molecule is CC(CNC(=O)C1CCN(S(=O)(=O)c2c(Cl)cccc2Cl)CC1)CN1CCCC1. The molecule has 0 radical (unpaired) electrons. The van der Waals surface area contributed by atoms with Crippen LogP contribution in [0, 0.1) is 11.8 Å². The van der Waals surface area contributed by atoms with E-state index in [-0.39, 0.29) is 39.9 Å². The van der Waals surface area contributed by atoms with Gasteiger partial charge < -0.3 is 10.2 Å². The molecule has 2 aliphatic heterocycles. The summed E-state index contributed by atoms with van der Waals surface area (Å²) in [6.45, 7) is 6.69. The summed E-state index contributed by atoms with van der Waals surface area (Å²) in [4.78, 5) is 14.9. The zero-order valence-corrected chi connectivity index (χ0v) is 19.1. The minimum absolute atomic E-state index is 0.0195. The van der Waals surface area contributed by atoms with Gasteiger partial charge >= 0.3 is 0 Å². The van der Waals surface area contributed by atoms with Crippen LogP contribution in [0.5, 0.6) is 0 Å². The second-order valence-corrected chi connectivity index (χ2v) is 10.8. The fraction of sp³-hybridized carbons (Fsp3) is 0.650. The largest absolute Gasteiger partial charge is 0.356 e. The molecule has 2 saturated heterocycles. The Labute approximate surface area is 183 Å². The van der Waals surface area contributed by atoms with Crippen LogP contribution in [0.1, 0.15) is 32.6 Å². The first-order valence-electron chi connectivity index (χ1n) is 10.2. The molecule has 1 unspecified atom stereocenters. The minimum Gasteiger partial charge on any atom is -0.356 e. The molecule has 0 spiro atoms. The molecule has 2 aliphatic rings. The molecule has 6 nitrogen and oxygen atoms in total. The van der Waals surface area contributed by atoms with E-state index < -0.39 is 10.0 Å². The number of benzene rings is 1. The van der Waals surface area contributed by atoms with Crippen LogP contribution < -0.4 is 5.32 Å². The number of carbonyl (C=O) groups excluding carboxylic acids is 1. The Kier molecular flexibility index (Phi) is 7.84. The van der Waals surface area contributed by atoms with Gasteiger partial charge in [-0.15, -0.1) is 0 Å². The number of nitrogens with zero attached hydrogens (tertiary/aromatic N) is 2. The molecule has 0 aliphatic carbocycles. The molecular formula is C20H29Cl2N3O3S. The van der Waals surface area contributed by atoms with Gasteiger partial charge in [0.25, 0.3) is 0 Å². The fourth-order valence-electron chi connectivity index (χ4n) is 4.11. The number of sulfonamides is 1. The summed E-state index contributed by atoms with van der Waals surface area (Å²) >= 11 is 12.2. The van der Waals surface area contributed by atoms with E-state index >= 15 is 0 Å². The highest BCUT2D eigenvalue weighted by Crippen LogP contribution is 2.33. The number of hydrogen-bond acceptors (Lipinski definition) is 4. The Morgan fingerprint density at radius 3 is 2.31 bits per heavy atom. The van der Waals surface area contributed by atoms with E-state index in [1.54, 1.807) is 6.07 Å². The first-order valence-corrected chi connectivity index (χ1v) is 12.4. The molecule has 0 aromatic heterocycles. The number of halogens is 2. The Balaban J connectivity index is 1.50. The first-order chi connectivity index (χ1) is 13.8. The van der Waals surface area contributed by atoms with Gasteiger partial charge in [0, 0.05) is 32.1 Å². The van der Waals surface area contributed by atoms with E-state index in [0.29, 0.717) is 25.3 Å². The van der Waals surface area contributed by atoms with E-state index in [0.717, 1.165) is 19.6 Å². The Bertz CT molecular complexity index is 800. The van der Waals surface area contributed by atoms with Crippen molar-refractivity contribution in [2.24, 2.45) is 11.8 Å². The highest BCUT2D eigenvalue weighted by Gasteiger charge is 2.34. The number of hydrogen-bond donors (Lipinski definition) is 1. The predicted octanol–water partition coefficient (Wildman–Crippen LogP) is 3.24. The van der Waals surface area contributed by atoms with Crippen molar-refractivity contribution in [2.75, 3.05) is 39.3 Å². The van der Waals surface area contributed by atoms with Crippen LogP contribution in [0.25, 0.3) is 0 Å². The van der Waals surface area contributed by atoms with Crippen molar-refractivity contribution >= 4 is 39.1 Å². The summed E-state index contributed by atoms with van der Waals surface area (Å²) in [7, 11) is -3.78. The molecule has 29 heavy (non-hydrogen) atoms. The lowest BCUT2D eigenvalue weighted by Crippen LogP contribution is -2.44. The third-order valence-electron chi connectivity index (χ3n) is 5.73. The third-order valence-corrected chi connectivity index (χ3v) is 8.59. The molecule has 1 aromatic rings. The number of nitrogens with one attached hydrogen (secondary N) is 1. The summed E-state index contributed by atoms with van der Waals surface area (Å²) in [6.07, 6.45) is 3.52. The van der Waals surface area contributed by atoms with E-state index in [9.17, 15) is 13.2 Å². The summed E-state index contributed by atoms with van der Waals surface area (Å²) in [5.41, 5.74) is 0. The third kappa shape index (κ3) is 5.64. The second-order valence-electron chi connectivity index (χ2n) is 8.09. The van der Waals surface area contributed by atoms with Gasteiger partial charge in [0.05, 0.1) is 10.0 Å². The lowest BCUT2D eigenvalue weighted by Gasteiger charge is -2.31. The van der Waals surface area contributed by atoms with Crippen LogP contribution in [-0.4, -0.2) is 62.8 Å². The average molecular weight is 462 g/mol. The first kappa shape index (κ1) is 22.8. The van der Waals surface area contributed by atoms with E-state index in [2.05, 4.69) is 17.1 Å². The molecule has 2 fully saturated rings. The van der Waals surface area contributed by atoms with Gasteiger partial charge in [-0.05, 0) is 56.8 Å². The Morgan fingerprint density at radius 2 is 1.72 bits per heavy atom. The number of carbonyl (C=O) groups is 1. The average Bonchev–Trinajstić information content (AvgIpc) is 3.19. The molecule has 1 atom stereocenters. The van der Waals surface area contributed by atoms with Gasteiger partial charge in [-0.1, -0.05) is 36.2 Å². The van der Waals surface area contributed by atoms with Crippen molar-refractivity contribution in [3.8, 4) is 0 Å². The van der Waals surface area contributed by atoms with Crippen molar-refractivity contribution in [2.45, 2.75) is 37.5 Å². The number of rotatable bonds is 7. The van der Waals surface area contributed by atoms with Gasteiger partial charge in [-0.3, -0.25) is 4.79 Å². The molecule has 1 N–H and O–H groups in total. The van der Waals surface area contributed by atoms with Crippen molar-refractivity contribution in [3.63, 3.8) is 0 Å². The van der Waals surface area contributed by atoms with E-state index in [4.69, 9.17) is 23.2 Å². The van der Waals surface area contributed by atoms with Gasteiger partial charge in [0.15, 0.2) is 0 Å². The number of piperidine rings is 1. The topological polar surface area (TPSA) is 69.7 Å². The molecule has 2 heterocycles. The highest BCUT2D eigenvalue weighted by atomic mass is 35.5. The maximum Gasteiger partial charge on any atom is 0.246 e. The van der Waals surface area contributed by atoms with Crippen LogP contribution >= 0.6 is 23.2 Å². The zero-order chi connectivity index (χ0) is 21.0.